The highest BCUT2D eigenvalue weighted by Crippen LogP contribution is 2.30. The number of aromatic nitrogens is 2. The van der Waals surface area contributed by atoms with E-state index < -0.39 is 0 Å². The Balaban J connectivity index is 1.85. The average Bonchev–Trinajstić information content (AvgIpc) is 2.61. The molecular formula is C21H20ClFN2OS. The summed E-state index contributed by atoms with van der Waals surface area (Å²) >= 11 is 7.57. The molecule has 3 aromatic rings. The molecule has 3 rings (SSSR count). The first-order chi connectivity index (χ1) is 12.8. The van der Waals surface area contributed by atoms with Crippen LogP contribution in [0, 0.1) is 5.82 Å². The summed E-state index contributed by atoms with van der Waals surface area (Å²) in [6.07, 6.45) is 0. The fraction of sp³-hybridized carbons (Fsp3) is 0.238. The van der Waals surface area contributed by atoms with Gasteiger partial charge in [-0.15, -0.1) is 0 Å². The molecule has 140 valence electrons. The lowest BCUT2D eigenvalue weighted by molar-refractivity contribution is 0.445. The molecule has 0 fully saturated rings. The standard InChI is InChI=1S/C21H20ClFN2OS/c1-21(2,3)18-12-19(26-17-9-7-16(23)8-10-17)25-20(24-18)27-13-14-5-4-6-15(22)11-14/h4-12H,13H2,1-3H3. The van der Waals surface area contributed by atoms with E-state index in [1.54, 1.807) is 12.1 Å². The first kappa shape index (κ1) is 19.6. The Hall–Kier alpha value is -2.11. The van der Waals surface area contributed by atoms with Crippen molar-refractivity contribution < 1.29 is 9.13 Å². The maximum Gasteiger partial charge on any atom is 0.223 e. The van der Waals surface area contributed by atoms with Crippen LogP contribution in [0.4, 0.5) is 4.39 Å². The van der Waals surface area contributed by atoms with Gasteiger partial charge < -0.3 is 4.74 Å². The summed E-state index contributed by atoms with van der Waals surface area (Å²) < 4.78 is 18.9. The monoisotopic (exact) mass is 402 g/mol. The Bertz CT molecular complexity index is 926. The van der Waals surface area contributed by atoms with Crippen molar-refractivity contribution in [3.63, 3.8) is 0 Å². The number of nitrogens with zero attached hydrogens (tertiary/aromatic N) is 2. The van der Waals surface area contributed by atoms with Crippen molar-refractivity contribution >= 4 is 23.4 Å². The van der Waals surface area contributed by atoms with Gasteiger partial charge in [0.2, 0.25) is 5.88 Å². The van der Waals surface area contributed by atoms with Gasteiger partial charge in [0.05, 0.1) is 5.69 Å². The normalized spacial score (nSPS) is 11.4. The van der Waals surface area contributed by atoms with Crippen LogP contribution in [0.3, 0.4) is 0 Å². The van der Waals surface area contributed by atoms with E-state index in [-0.39, 0.29) is 11.2 Å². The summed E-state index contributed by atoms with van der Waals surface area (Å²) in [6.45, 7) is 6.26. The van der Waals surface area contributed by atoms with Crippen LogP contribution in [0.25, 0.3) is 0 Å². The fourth-order valence-corrected chi connectivity index (χ4v) is 3.31. The number of hydrogen-bond acceptors (Lipinski definition) is 4. The molecule has 0 amide bonds. The minimum absolute atomic E-state index is 0.158. The Morgan fingerprint density at radius 1 is 1.04 bits per heavy atom. The van der Waals surface area contributed by atoms with Crippen molar-refractivity contribution in [2.24, 2.45) is 0 Å². The van der Waals surface area contributed by atoms with Gasteiger partial charge in [-0.05, 0) is 42.0 Å². The second-order valence-electron chi connectivity index (χ2n) is 7.10. The van der Waals surface area contributed by atoms with Gasteiger partial charge in [0.25, 0.3) is 0 Å². The highest BCUT2D eigenvalue weighted by molar-refractivity contribution is 7.98. The Morgan fingerprint density at radius 3 is 2.44 bits per heavy atom. The molecule has 2 aromatic carbocycles. The first-order valence-electron chi connectivity index (χ1n) is 8.50. The predicted octanol–water partition coefficient (Wildman–Crippen LogP) is 6.65. The van der Waals surface area contributed by atoms with E-state index in [0.717, 1.165) is 11.3 Å². The summed E-state index contributed by atoms with van der Waals surface area (Å²) in [6, 6.07) is 15.4. The van der Waals surface area contributed by atoms with Crippen LogP contribution in [-0.2, 0) is 11.2 Å². The van der Waals surface area contributed by atoms with Crippen molar-refractivity contribution in [2.75, 3.05) is 0 Å². The zero-order valence-corrected chi connectivity index (χ0v) is 16.9. The van der Waals surface area contributed by atoms with Gasteiger partial charge in [-0.3, -0.25) is 0 Å². The Morgan fingerprint density at radius 2 is 1.78 bits per heavy atom. The first-order valence-corrected chi connectivity index (χ1v) is 9.86. The van der Waals surface area contributed by atoms with Gasteiger partial charge in [-0.25, -0.2) is 9.37 Å². The van der Waals surface area contributed by atoms with Crippen molar-refractivity contribution in [2.45, 2.75) is 37.1 Å². The Labute approximate surface area is 168 Å². The van der Waals surface area contributed by atoms with Gasteiger partial charge >= 0.3 is 0 Å². The van der Waals surface area contributed by atoms with E-state index in [1.165, 1.54) is 23.9 Å². The summed E-state index contributed by atoms with van der Waals surface area (Å²) in [5.41, 5.74) is 1.82. The molecule has 1 aromatic heterocycles. The van der Waals surface area contributed by atoms with Crippen LogP contribution in [0.15, 0.2) is 59.8 Å². The summed E-state index contributed by atoms with van der Waals surface area (Å²) in [5.74, 6) is 1.36. The maximum absolute atomic E-state index is 13.1. The lowest BCUT2D eigenvalue weighted by Crippen LogP contribution is -2.14. The second-order valence-corrected chi connectivity index (χ2v) is 8.48. The van der Waals surface area contributed by atoms with Crippen LogP contribution in [0.5, 0.6) is 11.6 Å². The summed E-state index contributed by atoms with van der Waals surface area (Å²) in [4.78, 5) is 9.18. The number of halogens is 2. The van der Waals surface area contributed by atoms with Crippen molar-refractivity contribution in [3.05, 3.63) is 76.7 Å². The van der Waals surface area contributed by atoms with Gasteiger partial charge in [-0.1, -0.05) is 56.3 Å². The third kappa shape index (κ3) is 5.68. The van der Waals surface area contributed by atoms with E-state index in [2.05, 4.69) is 30.7 Å². The molecular weight excluding hydrogens is 383 g/mol. The Kier molecular flexibility index (Phi) is 6.02. The zero-order valence-electron chi connectivity index (χ0n) is 15.4. The van der Waals surface area contributed by atoms with E-state index >= 15 is 0 Å². The van der Waals surface area contributed by atoms with E-state index in [9.17, 15) is 4.39 Å². The van der Waals surface area contributed by atoms with Crippen molar-refractivity contribution in [1.29, 1.82) is 0 Å². The lowest BCUT2D eigenvalue weighted by Gasteiger charge is -2.19. The lowest BCUT2D eigenvalue weighted by atomic mass is 9.92. The van der Waals surface area contributed by atoms with Crippen LogP contribution >= 0.6 is 23.4 Å². The summed E-state index contributed by atoms with van der Waals surface area (Å²) in [5, 5.41) is 1.33. The number of rotatable bonds is 5. The topological polar surface area (TPSA) is 35.0 Å². The van der Waals surface area contributed by atoms with E-state index in [4.69, 9.17) is 16.3 Å². The third-order valence-electron chi connectivity index (χ3n) is 3.74. The molecule has 0 aliphatic heterocycles. The molecule has 27 heavy (non-hydrogen) atoms. The van der Waals surface area contributed by atoms with Crippen LogP contribution in [0.2, 0.25) is 5.02 Å². The molecule has 0 spiro atoms. The maximum atomic E-state index is 13.1. The molecule has 0 bridgehead atoms. The molecule has 0 N–H and O–H groups in total. The highest BCUT2D eigenvalue weighted by atomic mass is 35.5. The fourth-order valence-electron chi connectivity index (χ4n) is 2.30. The van der Waals surface area contributed by atoms with Crippen molar-refractivity contribution in [3.8, 4) is 11.6 Å². The number of thioether (sulfide) groups is 1. The quantitative estimate of drug-likeness (QED) is 0.353. The smallest absolute Gasteiger partial charge is 0.223 e. The van der Waals surface area contributed by atoms with Crippen LogP contribution in [0.1, 0.15) is 32.0 Å². The largest absolute Gasteiger partial charge is 0.439 e. The van der Waals surface area contributed by atoms with E-state index in [0.29, 0.717) is 27.6 Å². The molecule has 3 nitrogen and oxygen atoms in total. The molecule has 0 aliphatic rings. The molecule has 0 unspecified atom stereocenters. The van der Waals surface area contributed by atoms with Crippen LogP contribution in [-0.4, -0.2) is 9.97 Å². The van der Waals surface area contributed by atoms with Crippen LogP contribution < -0.4 is 4.74 Å². The minimum Gasteiger partial charge on any atom is -0.439 e. The minimum atomic E-state index is -0.307. The van der Waals surface area contributed by atoms with Gasteiger partial charge in [0.15, 0.2) is 5.16 Å². The number of benzene rings is 2. The predicted molar refractivity (Wildman–Crippen MR) is 108 cm³/mol. The van der Waals surface area contributed by atoms with Gasteiger partial charge in [0.1, 0.15) is 11.6 Å². The second kappa shape index (κ2) is 8.28. The highest BCUT2D eigenvalue weighted by Gasteiger charge is 2.19. The zero-order chi connectivity index (χ0) is 19.4. The number of ether oxygens (including phenoxy) is 1. The molecule has 0 aliphatic carbocycles. The summed E-state index contributed by atoms with van der Waals surface area (Å²) in [7, 11) is 0. The van der Waals surface area contributed by atoms with Crippen molar-refractivity contribution in [1.82, 2.24) is 9.97 Å². The van der Waals surface area contributed by atoms with Gasteiger partial charge in [-0.2, -0.15) is 4.98 Å². The molecule has 0 saturated carbocycles. The molecule has 0 atom stereocenters. The molecule has 6 heteroatoms. The number of hydrogen-bond donors (Lipinski definition) is 0. The third-order valence-corrected chi connectivity index (χ3v) is 4.90. The average molecular weight is 403 g/mol. The molecule has 0 saturated heterocycles. The van der Waals surface area contributed by atoms with Gasteiger partial charge in [0, 0.05) is 22.3 Å². The SMILES string of the molecule is CC(C)(C)c1cc(Oc2ccc(F)cc2)nc(SCc2cccc(Cl)c2)n1. The molecule has 0 radical (unpaired) electrons. The molecule has 1 heterocycles. The van der Waals surface area contributed by atoms with E-state index in [1.807, 2.05) is 30.3 Å².